The van der Waals surface area contributed by atoms with E-state index in [-0.39, 0.29) is 4.92 Å². The van der Waals surface area contributed by atoms with Gasteiger partial charge in [0.25, 0.3) is 0 Å². The molecule has 0 aromatic carbocycles. The lowest BCUT2D eigenvalue weighted by atomic mass is 10.1. The summed E-state index contributed by atoms with van der Waals surface area (Å²) in [6.45, 7) is 1.75. The van der Waals surface area contributed by atoms with E-state index in [0.29, 0.717) is 0 Å². The van der Waals surface area contributed by atoms with Crippen molar-refractivity contribution in [2.45, 2.75) is 12.8 Å². The van der Waals surface area contributed by atoms with Gasteiger partial charge >= 0.3 is 0 Å². The number of nitro groups is 1. The fourth-order valence-corrected chi connectivity index (χ4v) is 1.03. The number of piperidine rings is 1. The molecule has 0 saturated carbocycles. The molecule has 1 heterocycles. The van der Waals surface area contributed by atoms with Gasteiger partial charge in [-0.15, -0.1) is 0 Å². The van der Waals surface area contributed by atoms with Crippen LogP contribution in [0.5, 0.6) is 0 Å². The molecule has 1 fully saturated rings. The Hall–Kier alpha value is -0.900. The van der Waals surface area contributed by atoms with Crippen molar-refractivity contribution in [2.75, 3.05) is 13.1 Å². The maximum atomic E-state index is 9.98. The van der Waals surface area contributed by atoms with Crippen molar-refractivity contribution >= 4 is 0 Å². The molecular weight excluding hydrogens is 132 g/mol. The van der Waals surface area contributed by atoms with Crippen molar-refractivity contribution in [1.29, 1.82) is 0 Å². The van der Waals surface area contributed by atoms with Gasteiger partial charge in [-0.25, -0.2) is 0 Å². The fourth-order valence-electron chi connectivity index (χ4n) is 1.03. The van der Waals surface area contributed by atoms with Crippen LogP contribution < -0.4 is 5.32 Å². The molecule has 10 heavy (non-hydrogen) atoms. The van der Waals surface area contributed by atoms with Crippen LogP contribution in [0.15, 0.2) is 11.8 Å². The first-order chi connectivity index (χ1) is 4.79. The van der Waals surface area contributed by atoms with Crippen LogP contribution in [-0.2, 0) is 0 Å². The Kier molecular flexibility index (Phi) is 2.39. The molecule has 0 unspecified atom stereocenters. The van der Waals surface area contributed by atoms with Crippen LogP contribution in [0.25, 0.3) is 0 Å². The Balaban J connectivity index is 2.45. The minimum atomic E-state index is -0.374. The third-order valence-corrected chi connectivity index (χ3v) is 1.53. The number of nitrogens with one attached hydrogen (secondary N) is 1. The molecule has 1 aliphatic rings. The lowest BCUT2D eigenvalue weighted by Crippen LogP contribution is -2.23. The van der Waals surface area contributed by atoms with E-state index in [9.17, 15) is 10.1 Å². The van der Waals surface area contributed by atoms with Crippen molar-refractivity contribution in [2.24, 2.45) is 0 Å². The monoisotopic (exact) mass is 142 g/mol. The van der Waals surface area contributed by atoms with E-state index < -0.39 is 0 Å². The summed E-state index contributed by atoms with van der Waals surface area (Å²) in [5, 5.41) is 13.1. The molecule has 0 atom stereocenters. The zero-order chi connectivity index (χ0) is 7.40. The standard InChI is InChI=1S/C6H10N2O2/c9-8(10)5-6-1-3-7-4-2-6/h5,7H,1-4H2. The predicted octanol–water partition coefficient (Wildman–Crippen LogP) is 0.530. The van der Waals surface area contributed by atoms with Gasteiger partial charge in [0.15, 0.2) is 0 Å². The van der Waals surface area contributed by atoms with E-state index in [0.717, 1.165) is 37.7 Å². The molecule has 4 nitrogen and oxygen atoms in total. The first kappa shape index (κ1) is 7.21. The van der Waals surface area contributed by atoms with Crippen molar-refractivity contribution in [1.82, 2.24) is 5.32 Å². The summed E-state index contributed by atoms with van der Waals surface area (Å²) < 4.78 is 0. The van der Waals surface area contributed by atoms with Crippen LogP contribution in [0.3, 0.4) is 0 Å². The summed E-state index contributed by atoms with van der Waals surface area (Å²) in [4.78, 5) is 9.60. The lowest BCUT2D eigenvalue weighted by molar-refractivity contribution is -0.403. The van der Waals surface area contributed by atoms with Gasteiger partial charge in [-0.2, -0.15) is 0 Å². The minimum absolute atomic E-state index is 0.374. The molecule has 1 rings (SSSR count). The van der Waals surface area contributed by atoms with E-state index in [1.807, 2.05) is 0 Å². The quantitative estimate of drug-likeness (QED) is 0.429. The number of nitrogens with zero attached hydrogens (tertiary/aromatic N) is 1. The zero-order valence-corrected chi connectivity index (χ0v) is 5.67. The van der Waals surface area contributed by atoms with E-state index >= 15 is 0 Å². The molecule has 0 aliphatic carbocycles. The van der Waals surface area contributed by atoms with Gasteiger partial charge in [-0.05, 0) is 25.9 Å². The smallest absolute Gasteiger partial charge is 0.233 e. The summed E-state index contributed by atoms with van der Waals surface area (Å²) in [5.74, 6) is 0. The van der Waals surface area contributed by atoms with Crippen LogP contribution in [0.2, 0.25) is 0 Å². The van der Waals surface area contributed by atoms with E-state index in [4.69, 9.17) is 0 Å². The topological polar surface area (TPSA) is 55.2 Å². The van der Waals surface area contributed by atoms with E-state index in [1.165, 1.54) is 0 Å². The van der Waals surface area contributed by atoms with Gasteiger partial charge in [-0.1, -0.05) is 0 Å². The number of hydrogen-bond donors (Lipinski definition) is 1. The van der Waals surface area contributed by atoms with Gasteiger partial charge in [0, 0.05) is 5.57 Å². The highest BCUT2D eigenvalue weighted by molar-refractivity contribution is 5.01. The SMILES string of the molecule is O=[N+]([O-])C=C1CCNCC1. The molecule has 0 radical (unpaired) electrons. The van der Waals surface area contributed by atoms with Gasteiger partial charge in [0.1, 0.15) is 0 Å². The van der Waals surface area contributed by atoms with E-state index in [2.05, 4.69) is 5.32 Å². The second kappa shape index (κ2) is 3.31. The average molecular weight is 142 g/mol. The average Bonchev–Trinajstić information content (AvgIpc) is 1.88. The third kappa shape index (κ3) is 2.14. The fraction of sp³-hybridized carbons (Fsp3) is 0.667. The molecule has 56 valence electrons. The van der Waals surface area contributed by atoms with Gasteiger partial charge in [0.2, 0.25) is 6.20 Å². The van der Waals surface area contributed by atoms with Gasteiger partial charge in [-0.3, -0.25) is 10.1 Å². The Morgan fingerprint density at radius 1 is 1.50 bits per heavy atom. The molecule has 0 spiro atoms. The highest BCUT2D eigenvalue weighted by Crippen LogP contribution is 2.08. The molecule has 0 bridgehead atoms. The van der Waals surface area contributed by atoms with Crippen molar-refractivity contribution in [3.63, 3.8) is 0 Å². The Labute approximate surface area is 59.1 Å². The van der Waals surface area contributed by atoms with Gasteiger partial charge < -0.3 is 5.32 Å². The van der Waals surface area contributed by atoms with Crippen molar-refractivity contribution in [3.05, 3.63) is 21.9 Å². The Morgan fingerprint density at radius 2 is 2.10 bits per heavy atom. The lowest BCUT2D eigenvalue weighted by Gasteiger charge is -2.11. The summed E-state index contributed by atoms with van der Waals surface area (Å²) >= 11 is 0. The summed E-state index contributed by atoms with van der Waals surface area (Å²) in [5.41, 5.74) is 0.948. The molecule has 1 aliphatic heterocycles. The highest BCUT2D eigenvalue weighted by Gasteiger charge is 2.06. The third-order valence-electron chi connectivity index (χ3n) is 1.53. The van der Waals surface area contributed by atoms with Crippen molar-refractivity contribution < 1.29 is 4.92 Å². The first-order valence-electron chi connectivity index (χ1n) is 3.33. The minimum Gasteiger partial charge on any atom is -0.316 e. The normalized spacial score (nSPS) is 18.6. The predicted molar refractivity (Wildman–Crippen MR) is 37.2 cm³/mol. The van der Waals surface area contributed by atoms with Gasteiger partial charge in [0.05, 0.1) is 4.92 Å². The van der Waals surface area contributed by atoms with Crippen LogP contribution in [0.4, 0.5) is 0 Å². The largest absolute Gasteiger partial charge is 0.316 e. The Bertz CT molecular complexity index is 157. The Morgan fingerprint density at radius 3 is 2.60 bits per heavy atom. The number of hydrogen-bond acceptors (Lipinski definition) is 3. The molecule has 1 saturated heterocycles. The summed E-state index contributed by atoms with van der Waals surface area (Å²) in [6, 6.07) is 0. The first-order valence-corrected chi connectivity index (χ1v) is 3.33. The second-order valence-electron chi connectivity index (χ2n) is 2.32. The zero-order valence-electron chi connectivity index (χ0n) is 5.67. The molecule has 0 amide bonds. The molecule has 0 aromatic rings. The van der Waals surface area contributed by atoms with Crippen LogP contribution in [-0.4, -0.2) is 18.0 Å². The molecular formula is C6H10N2O2. The number of rotatable bonds is 1. The molecule has 1 N–H and O–H groups in total. The molecule has 4 heteroatoms. The maximum Gasteiger partial charge on any atom is 0.233 e. The van der Waals surface area contributed by atoms with Crippen LogP contribution in [0.1, 0.15) is 12.8 Å². The van der Waals surface area contributed by atoms with Crippen molar-refractivity contribution in [3.8, 4) is 0 Å². The van der Waals surface area contributed by atoms with Crippen LogP contribution >= 0.6 is 0 Å². The molecule has 0 aromatic heterocycles. The van der Waals surface area contributed by atoms with E-state index in [1.54, 1.807) is 0 Å². The maximum absolute atomic E-state index is 9.98. The highest BCUT2D eigenvalue weighted by atomic mass is 16.6. The second-order valence-corrected chi connectivity index (χ2v) is 2.32. The summed E-state index contributed by atoms with van der Waals surface area (Å²) in [6.07, 6.45) is 2.77. The summed E-state index contributed by atoms with van der Waals surface area (Å²) in [7, 11) is 0. The van der Waals surface area contributed by atoms with Crippen LogP contribution in [0, 0.1) is 10.1 Å².